The molecule has 0 unspecified atom stereocenters. The maximum absolute atomic E-state index is 6.30. The summed E-state index contributed by atoms with van der Waals surface area (Å²) in [4.78, 5) is 0. The van der Waals surface area contributed by atoms with E-state index in [1.54, 1.807) is 0 Å². The van der Waals surface area contributed by atoms with Crippen LogP contribution in [0.15, 0.2) is 42.5 Å². The molecule has 0 saturated heterocycles. The van der Waals surface area contributed by atoms with E-state index in [1.807, 2.05) is 0 Å². The third-order valence-electron chi connectivity index (χ3n) is 4.45. The molecular formula is C18H20ClN. The van der Waals surface area contributed by atoms with Crippen molar-refractivity contribution in [1.29, 1.82) is 0 Å². The van der Waals surface area contributed by atoms with Crippen LogP contribution in [0.5, 0.6) is 0 Å². The summed E-state index contributed by atoms with van der Waals surface area (Å²) in [7, 11) is 2.05. The second-order valence-corrected chi connectivity index (χ2v) is 6.03. The standard InChI is InChI=1S/C18H20ClN/c1-12-7-8-14(11-17(12)19)16-10-9-13-5-3-4-6-15(13)18(16)20-2/h3-8,11,16,18,20H,9-10H2,1-2H3/t16-,18-/m1/s1. The van der Waals surface area contributed by atoms with Crippen LogP contribution in [0.3, 0.4) is 0 Å². The molecule has 0 fully saturated rings. The van der Waals surface area contributed by atoms with Crippen LogP contribution in [-0.4, -0.2) is 7.05 Å². The summed E-state index contributed by atoms with van der Waals surface area (Å²) in [6, 6.07) is 15.6. The summed E-state index contributed by atoms with van der Waals surface area (Å²) in [6.45, 7) is 2.05. The summed E-state index contributed by atoms with van der Waals surface area (Å²) in [6.07, 6.45) is 2.31. The third-order valence-corrected chi connectivity index (χ3v) is 4.86. The number of nitrogens with one attached hydrogen (secondary N) is 1. The molecule has 0 aromatic heterocycles. The van der Waals surface area contributed by atoms with Gasteiger partial charge in [0.05, 0.1) is 0 Å². The zero-order valence-electron chi connectivity index (χ0n) is 12.0. The van der Waals surface area contributed by atoms with E-state index < -0.39 is 0 Å². The van der Waals surface area contributed by atoms with Crippen molar-refractivity contribution < 1.29 is 0 Å². The average molecular weight is 286 g/mol. The van der Waals surface area contributed by atoms with E-state index in [2.05, 4.69) is 61.8 Å². The largest absolute Gasteiger partial charge is 0.312 e. The van der Waals surface area contributed by atoms with Crippen molar-refractivity contribution in [3.8, 4) is 0 Å². The van der Waals surface area contributed by atoms with E-state index in [4.69, 9.17) is 11.6 Å². The van der Waals surface area contributed by atoms with Crippen molar-refractivity contribution in [3.63, 3.8) is 0 Å². The minimum absolute atomic E-state index is 0.374. The molecule has 104 valence electrons. The Kier molecular flexibility index (Phi) is 3.82. The molecule has 2 aromatic carbocycles. The number of rotatable bonds is 2. The van der Waals surface area contributed by atoms with Crippen molar-refractivity contribution in [2.24, 2.45) is 0 Å². The van der Waals surface area contributed by atoms with Gasteiger partial charge in [-0.15, -0.1) is 0 Å². The van der Waals surface area contributed by atoms with Gasteiger partial charge in [-0.3, -0.25) is 0 Å². The van der Waals surface area contributed by atoms with E-state index >= 15 is 0 Å². The lowest BCUT2D eigenvalue weighted by Crippen LogP contribution is -2.28. The number of aryl methyl sites for hydroxylation is 2. The number of likely N-dealkylation sites (N-methyl/N-ethyl adjacent to an activating group) is 1. The van der Waals surface area contributed by atoms with Crippen LogP contribution < -0.4 is 5.32 Å². The molecule has 1 aliphatic carbocycles. The van der Waals surface area contributed by atoms with Crippen LogP contribution in [0, 0.1) is 6.92 Å². The van der Waals surface area contributed by atoms with Crippen LogP contribution in [0.25, 0.3) is 0 Å². The van der Waals surface area contributed by atoms with Gasteiger partial charge in [0, 0.05) is 17.0 Å². The van der Waals surface area contributed by atoms with E-state index in [0.29, 0.717) is 12.0 Å². The topological polar surface area (TPSA) is 12.0 Å². The minimum atomic E-state index is 0.374. The predicted molar refractivity (Wildman–Crippen MR) is 85.5 cm³/mol. The number of hydrogen-bond donors (Lipinski definition) is 1. The molecule has 2 atom stereocenters. The highest BCUT2D eigenvalue weighted by Gasteiger charge is 2.29. The molecule has 0 spiro atoms. The number of benzene rings is 2. The van der Waals surface area contributed by atoms with Gasteiger partial charge in [-0.1, -0.05) is 48.0 Å². The molecular weight excluding hydrogens is 266 g/mol. The Hall–Kier alpha value is -1.31. The average Bonchev–Trinajstić information content (AvgIpc) is 2.49. The van der Waals surface area contributed by atoms with E-state index in [0.717, 1.165) is 17.0 Å². The quantitative estimate of drug-likeness (QED) is 0.848. The van der Waals surface area contributed by atoms with Crippen LogP contribution in [0.2, 0.25) is 5.02 Å². The molecule has 2 heteroatoms. The number of halogens is 1. The Morgan fingerprint density at radius 2 is 1.95 bits per heavy atom. The van der Waals surface area contributed by atoms with E-state index in [1.165, 1.54) is 23.1 Å². The molecule has 20 heavy (non-hydrogen) atoms. The van der Waals surface area contributed by atoms with E-state index in [9.17, 15) is 0 Å². The Morgan fingerprint density at radius 1 is 1.15 bits per heavy atom. The van der Waals surface area contributed by atoms with Crippen LogP contribution in [-0.2, 0) is 6.42 Å². The molecule has 0 amide bonds. The van der Waals surface area contributed by atoms with Crippen LogP contribution in [0.4, 0.5) is 0 Å². The third kappa shape index (κ3) is 2.36. The minimum Gasteiger partial charge on any atom is -0.312 e. The van der Waals surface area contributed by atoms with Gasteiger partial charge in [0.15, 0.2) is 0 Å². The summed E-state index contributed by atoms with van der Waals surface area (Å²) in [5, 5.41) is 4.37. The first-order valence-electron chi connectivity index (χ1n) is 7.22. The zero-order chi connectivity index (χ0) is 14.1. The lowest BCUT2D eigenvalue weighted by molar-refractivity contribution is 0.428. The van der Waals surface area contributed by atoms with Crippen molar-refractivity contribution >= 4 is 11.6 Å². The van der Waals surface area contributed by atoms with Crippen molar-refractivity contribution in [3.05, 3.63) is 69.7 Å². The van der Waals surface area contributed by atoms with Gasteiger partial charge in [-0.25, -0.2) is 0 Å². The number of fused-ring (bicyclic) bond motifs is 1. The van der Waals surface area contributed by atoms with Crippen molar-refractivity contribution in [1.82, 2.24) is 5.32 Å². The summed E-state index contributed by atoms with van der Waals surface area (Å²) >= 11 is 6.30. The molecule has 1 nitrogen and oxygen atoms in total. The highest BCUT2D eigenvalue weighted by molar-refractivity contribution is 6.31. The maximum Gasteiger partial charge on any atom is 0.0438 e. The molecule has 0 aliphatic heterocycles. The lowest BCUT2D eigenvalue weighted by Gasteiger charge is -2.34. The predicted octanol–water partition coefficient (Wildman–Crippen LogP) is 4.64. The Bertz CT molecular complexity index is 621. The monoisotopic (exact) mass is 285 g/mol. The van der Waals surface area contributed by atoms with E-state index in [-0.39, 0.29) is 0 Å². The molecule has 0 saturated carbocycles. The summed E-state index contributed by atoms with van der Waals surface area (Å²) in [5.74, 6) is 0.494. The first-order chi connectivity index (χ1) is 9.70. The first-order valence-corrected chi connectivity index (χ1v) is 7.59. The fourth-order valence-corrected chi connectivity index (χ4v) is 3.50. The van der Waals surface area contributed by atoms with Crippen LogP contribution in [0.1, 0.15) is 40.6 Å². The molecule has 1 N–H and O–H groups in total. The Balaban J connectivity index is 2.00. The van der Waals surface area contributed by atoms with Gasteiger partial charge in [0.2, 0.25) is 0 Å². The van der Waals surface area contributed by atoms with Gasteiger partial charge in [0.25, 0.3) is 0 Å². The second kappa shape index (κ2) is 5.59. The van der Waals surface area contributed by atoms with Gasteiger partial charge < -0.3 is 5.32 Å². The Labute approximate surface area is 126 Å². The van der Waals surface area contributed by atoms with Crippen molar-refractivity contribution in [2.45, 2.75) is 31.7 Å². The molecule has 3 rings (SSSR count). The Morgan fingerprint density at radius 3 is 2.70 bits per heavy atom. The van der Waals surface area contributed by atoms with Gasteiger partial charge >= 0.3 is 0 Å². The maximum atomic E-state index is 6.30. The zero-order valence-corrected chi connectivity index (χ0v) is 12.7. The fraction of sp³-hybridized carbons (Fsp3) is 0.333. The van der Waals surface area contributed by atoms with Gasteiger partial charge in [-0.05, 0) is 55.1 Å². The lowest BCUT2D eigenvalue weighted by atomic mass is 9.76. The summed E-state index contributed by atoms with van der Waals surface area (Å²) < 4.78 is 0. The summed E-state index contributed by atoms with van der Waals surface area (Å²) in [5.41, 5.74) is 5.39. The van der Waals surface area contributed by atoms with Gasteiger partial charge in [0.1, 0.15) is 0 Å². The highest BCUT2D eigenvalue weighted by Crippen LogP contribution is 2.41. The molecule has 0 heterocycles. The normalized spacial score (nSPS) is 21.6. The first kappa shape index (κ1) is 13.7. The molecule has 0 radical (unpaired) electrons. The second-order valence-electron chi connectivity index (χ2n) is 5.62. The SMILES string of the molecule is CN[C@@H]1c2ccccc2CC[C@@H]1c1ccc(C)c(Cl)c1. The van der Waals surface area contributed by atoms with Crippen LogP contribution >= 0.6 is 11.6 Å². The number of hydrogen-bond acceptors (Lipinski definition) is 1. The smallest absolute Gasteiger partial charge is 0.0438 e. The highest BCUT2D eigenvalue weighted by atomic mass is 35.5. The van der Waals surface area contributed by atoms with Crippen molar-refractivity contribution in [2.75, 3.05) is 7.05 Å². The molecule has 1 aliphatic rings. The molecule has 0 bridgehead atoms. The molecule has 2 aromatic rings. The fourth-order valence-electron chi connectivity index (χ4n) is 3.32. The van der Waals surface area contributed by atoms with Gasteiger partial charge in [-0.2, -0.15) is 0 Å².